The number of fused-ring (bicyclic) bond motifs is 14. The summed E-state index contributed by atoms with van der Waals surface area (Å²) in [6.07, 6.45) is 4.51. The van der Waals surface area contributed by atoms with E-state index in [1.54, 1.807) is 0 Å². The molecule has 0 spiro atoms. The Bertz CT molecular complexity index is 5320. The van der Waals surface area contributed by atoms with Crippen LogP contribution >= 0.6 is 23.5 Å². The second-order valence-corrected chi connectivity index (χ2v) is 33.1. The summed E-state index contributed by atoms with van der Waals surface area (Å²) in [4.78, 5) is 17.9. The number of nitrogens with zero attached hydrogens (tertiary/aromatic N) is 5. The van der Waals surface area contributed by atoms with E-state index >= 15 is 0 Å². The van der Waals surface area contributed by atoms with E-state index < -0.39 is 0 Å². The predicted molar refractivity (Wildman–Crippen MR) is 415 cm³/mol. The van der Waals surface area contributed by atoms with Crippen molar-refractivity contribution in [2.24, 2.45) is 0 Å². The van der Waals surface area contributed by atoms with Gasteiger partial charge < -0.3 is 29.2 Å². The van der Waals surface area contributed by atoms with Gasteiger partial charge in [0, 0.05) is 76.8 Å². The molecule has 12 aromatic carbocycles. The first-order valence-electron chi connectivity index (χ1n) is 35.0. The Labute approximate surface area is 585 Å². The monoisotopic (exact) mass is 1300 g/mol. The van der Waals surface area contributed by atoms with Gasteiger partial charge in [0.25, 0.3) is 13.4 Å². The van der Waals surface area contributed by atoms with Gasteiger partial charge in [-0.15, -0.1) is 0 Å². The molecule has 0 saturated carbocycles. The summed E-state index contributed by atoms with van der Waals surface area (Å²) in [5.41, 5.74) is 30.5. The Morgan fingerprint density at radius 3 is 1.16 bits per heavy atom. The summed E-state index contributed by atoms with van der Waals surface area (Å²) in [6, 6.07) is 95.2. The fraction of sp³-hybridized carbons (Fsp3) is 0.182. The minimum Gasteiger partial charge on any atom is -0.458 e. The molecule has 2 aliphatic carbocycles. The van der Waals surface area contributed by atoms with Crippen molar-refractivity contribution in [3.63, 3.8) is 0 Å². The Balaban J connectivity index is 0.917. The van der Waals surface area contributed by atoms with E-state index in [1.165, 1.54) is 109 Å². The highest BCUT2D eigenvalue weighted by atomic mass is 32.2. The summed E-state index contributed by atoms with van der Waals surface area (Å²) in [5.74, 6) is 1.76. The topological polar surface area (TPSA) is 25.4 Å². The zero-order valence-electron chi connectivity index (χ0n) is 56.6. The van der Waals surface area contributed by atoms with Crippen LogP contribution in [0.4, 0.5) is 85.3 Å². The van der Waals surface area contributed by atoms with Crippen molar-refractivity contribution in [1.82, 2.24) is 0 Å². The molecule has 0 aromatic heterocycles. The molecule has 0 unspecified atom stereocenters. The van der Waals surface area contributed by atoms with Gasteiger partial charge in [-0.25, -0.2) is 0 Å². The fourth-order valence-corrected chi connectivity index (χ4v) is 20.3. The molecule has 8 aliphatic rings. The van der Waals surface area contributed by atoms with Crippen LogP contribution in [0.1, 0.15) is 103 Å². The number of rotatable bonds is 5. The molecule has 6 nitrogen and oxygen atoms in total. The number of anilines is 15. The Kier molecular flexibility index (Phi) is 12.5. The van der Waals surface area contributed by atoms with Crippen LogP contribution in [-0.2, 0) is 21.7 Å². The molecule has 98 heavy (non-hydrogen) atoms. The standard InChI is InChI=1S/C88H73B2N5OS2/c1-85(2)41-42-86(3,4)60-45-56(39-40-59(60)85)93-71-51-62-61(87(5,6)43-44-88(62,7)8)50-64(71)90-66-52-65-72(53-73(66)91(54-25-11-9-12-26-54)74-46-57(47-75(93)83(74)90)94-67-30-16-21-35-79(67)97-80-36-22-17-31-68(80)94)92(55-27-13-10-14-28-55)76-48-58(49-78-84(76)89(65)63-29-15-20-34-77(63)96-78)95-69-32-18-23-37-81(69)98-82-38-24-19-33-70(82)95/h9-40,45-53H,41-44H2,1-8H3. The second-order valence-electron chi connectivity index (χ2n) is 30.9. The molecule has 0 atom stereocenters. The minimum absolute atomic E-state index is 0.0216. The molecule has 6 heterocycles. The maximum Gasteiger partial charge on any atom is 0.256 e. The second kappa shape index (κ2) is 20.9. The van der Waals surface area contributed by atoms with E-state index in [0.717, 1.165) is 88.4 Å². The van der Waals surface area contributed by atoms with E-state index in [0.29, 0.717) is 0 Å². The smallest absolute Gasteiger partial charge is 0.256 e. The van der Waals surface area contributed by atoms with Gasteiger partial charge in [0.2, 0.25) is 0 Å². The van der Waals surface area contributed by atoms with Crippen LogP contribution < -0.4 is 62.0 Å². The van der Waals surface area contributed by atoms with E-state index in [-0.39, 0.29) is 35.1 Å². The van der Waals surface area contributed by atoms with Crippen molar-refractivity contribution in [2.75, 3.05) is 24.5 Å². The average Bonchev–Trinajstić information content (AvgIpc) is 0.681. The van der Waals surface area contributed by atoms with Gasteiger partial charge in [0.05, 0.1) is 34.1 Å². The van der Waals surface area contributed by atoms with Crippen LogP contribution in [0.15, 0.2) is 268 Å². The Morgan fingerprint density at radius 1 is 0.265 bits per heavy atom. The van der Waals surface area contributed by atoms with Crippen LogP contribution in [-0.4, -0.2) is 13.4 Å². The van der Waals surface area contributed by atoms with Crippen molar-refractivity contribution in [3.8, 4) is 11.5 Å². The highest BCUT2D eigenvalue weighted by Crippen LogP contribution is 2.59. The highest BCUT2D eigenvalue weighted by molar-refractivity contribution is 8.00. The average molecular weight is 1300 g/mol. The summed E-state index contributed by atoms with van der Waals surface area (Å²) < 4.78 is 7.41. The van der Waals surface area contributed by atoms with Crippen LogP contribution in [0, 0.1) is 0 Å². The van der Waals surface area contributed by atoms with Crippen molar-refractivity contribution < 1.29 is 4.74 Å². The van der Waals surface area contributed by atoms with E-state index in [9.17, 15) is 0 Å². The molecule has 10 heteroatoms. The van der Waals surface area contributed by atoms with Crippen molar-refractivity contribution >= 4 is 155 Å². The third-order valence-corrected chi connectivity index (χ3v) is 25.6. The van der Waals surface area contributed by atoms with Gasteiger partial charge in [0.1, 0.15) is 11.5 Å². The SMILES string of the molecule is CC1(C)CCC(C)(C)c2cc(N3c4cc5c(cc4B4c6cc7c(cc6N(c6ccccc6)c6cc(N8c9ccccc9Sc9ccccc98)cc3c64)N(c3ccccc3)c3cc(N4c6ccccc6Sc6ccccc64)cc4c3B7c3ccccc3O4)C(C)(C)CCC5(C)C)ccc21. The molecule has 0 amide bonds. The fourth-order valence-electron chi connectivity index (χ4n) is 18.1. The van der Waals surface area contributed by atoms with Crippen LogP contribution in [0.3, 0.4) is 0 Å². The lowest BCUT2D eigenvalue weighted by atomic mass is 9.30. The molecule has 0 N–H and O–H groups in total. The van der Waals surface area contributed by atoms with Gasteiger partial charge >= 0.3 is 0 Å². The van der Waals surface area contributed by atoms with Gasteiger partial charge in [-0.1, -0.05) is 200 Å². The van der Waals surface area contributed by atoms with Gasteiger partial charge in [-0.05, 0) is 224 Å². The quantitative estimate of drug-likeness (QED) is 0.157. The number of ether oxygens (including phenoxy) is 1. The molecule has 12 aromatic rings. The maximum atomic E-state index is 7.41. The summed E-state index contributed by atoms with van der Waals surface area (Å²) >= 11 is 3.70. The lowest BCUT2D eigenvalue weighted by molar-refractivity contribution is 0.332. The molecule has 20 rings (SSSR count). The van der Waals surface area contributed by atoms with Crippen LogP contribution in [0.2, 0.25) is 0 Å². The molecule has 0 saturated heterocycles. The zero-order valence-corrected chi connectivity index (χ0v) is 58.2. The van der Waals surface area contributed by atoms with Crippen LogP contribution in [0.25, 0.3) is 0 Å². The Morgan fingerprint density at radius 2 is 0.643 bits per heavy atom. The number of hydrogen-bond donors (Lipinski definition) is 0. The normalized spacial score (nSPS) is 17.4. The molecule has 0 radical (unpaired) electrons. The first-order valence-corrected chi connectivity index (χ1v) is 36.7. The summed E-state index contributed by atoms with van der Waals surface area (Å²) in [7, 11) is 0. The molecular weight excluding hydrogens is 1230 g/mol. The number of benzene rings is 12. The first-order chi connectivity index (χ1) is 47.6. The number of hydrogen-bond acceptors (Lipinski definition) is 8. The number of para-hydroxylation sites is 7. The van der Waals surface area contributed by atoms with Gasteiger partial charge in [0.15, 0.2) is 0 Å². The molecule has 474 valence electrons. The highest BCUT2D eigenvalue weighted by Gasteiger charge is 2.51. The van der Waals surface area contributed by atoms with E-state index in [2.05, 4.69) is 329 Å². The molecule has 6 aliphatic heterocycles. The van der Waals surface area contributed by atoms with Crippen LogP contribution in [0.5, 0.6) is 11.5 Å². The van der Waals surface area contributed by atoms with Gasteiger partial charge in [-0.3, -0.25) is 0 Å². The van der Waals surface area contributed by atoms with Crippen molar-refractivity contribution in [2.45, 2.75) is 122 Å². The summed E-state index contributed by atoms with van der Waals surface area (Å²) in [6.45, 7) is 19.5. The third kappa shape index (κ3) is 8.46. The maximum absolute atomic E-state index is 7.41. The summed E-state index contributed by atoms with van der Waals surface area (Å²) in [5, 5.41) is 0. The molecule has 0 fully saturated rings. The third-order valence-electron chi connectivity index (χ3n) is 23.3. The predicted octanol–water partition coefficient (Wildman–Crippen LogP) is 20.7. The van der Waals surface area contributed by atoms with Crippen molar-refractivity contribution in [3.05, 3.63) is 271 Å². The lowest BCUT2D eigenvalue weighted by Crippen LogP contribution is -2.65. The van der Waals surface area contributed by atoms with Gasteiger partial charge in [-0.2, -0.15) is 0 Å². The first kappa shape index (κ1) is 58.4. The van der Waals surface area contributed by atoms with E-state index in [1.807, 2.05) is 23.5 Å². The molecule has 0 bridgehead atoms. The minimum atomic E-state index is -0.184. The largest absolute Gasteiger partial charge is 0.458 e. The lowest BCUT2D eigenvalue weighted by Gasteiger charge is -2.49. The van der Waals surface area contributed by atoms with Crippen molar-refractivity contribution in [1.29, 1.82) is 0 Å². The molecular formula is C88H73B2N5OS2. The Hall–Kier alpha value is -9.73. The van der Waals surface area contributed by atoms with E-state index in [4.69, 9.17) is 4.74 Å². The zero-order chi connectivity index (χ0) is 65.9.